The van der Waals surface area contributed by atoms with E-state index in [-0.39, 0.29) is 5.41 Å². The summed E-state index contributed by atoms with van der Waals surface area (Å²) in [5, 5.41) is 4.19. The van der Waals surface area contributed by atoms with Crippen molar-refractivity contribution < 1.29 is 4.52 Å². The fourth-order valence-corrected chi connectivity index (χ4v) is 2.70. The Morgan fingerprint density at radius 2 is 2.22 bits per heavy atom. The average Bonchev–Trinajstić information content (AvgIpc) is 2.88. The van der Waals surface area contributed by atoms with Gasteiger partial charge in [-0.25, -0.2) is 0 Å². The van der Waals surface area contributed by atoms with Crippen LogP contribution in [0.1, 0.15) is 70.5 Å². The Morgan fingerprint density at radius 1 is 1.44 bits per heavy atom. The van der Waals surface area contributed by atoms with Crippen molar-refractivity contribution in [3.05, 3.63) is 11.7 Å². The predicted molar refractivity (Wildman–Crippen MR) is 71.4 cm³/mol. The first-order chi connectivity index (χ1) is 8.59. The highest BCUT2D eigenvalue weighted by Crippen LogP contribution is 2.35. The Labute approximate surface area is 109 Å². The third-order valence-electron chi connectivity index (χ3n) is 4.49. The van der Waals surface area contributed by atoms with Crippen LogP contribution in [0.5, 0.6) is 0 Å². The van der Waals surface area contributed by atoms with Crippen LogP contribution in [0.25, 0.3) is 0 Å². The fraction of sp³-hybridized carbons (Fsp3) is 0.857. The van der Waals surface area contributed by atoms with Crippen LogP contribution < -0.4 is 5.73 Å². The lowest BCUT2D eigenvalue weighted by atomic mass is 9.82. The van der Waals surface area contributed by atoms with E-state index in [0.29, 0.717) is 18.4 Å². The van der Waals surface area contributed by atoms with Crippen LogP contribution in [0.2, 0.25) is 0 Å². The Balaban J connectivity index is 2.14. The lowest BCUT2D eigenvalue weighted by molar-refractivity contribution is 0.283. The van der Waals surface area contributed by atoms with Crippen LogP contribution in [-0.4, -0.2) is 16.7 Å². The van der Waals surface area contributed by atoms with Crippen molar-refractivity contribution in [2.75, 3.05) is 6.54 Å². The van der Waals surface area contributed by atoms with Gasteiger partial charge < -0.3 is 10.3 Å². The molecule has 0 spiro atoms. The highest BCUT2D eigenvalue weighted by atomic mass is 16.5. The topological polar surface area (TPSA) is 64.9 Å². The minimum Gasteiger partial charge on any atom is -0.339 e. The zero-order valence-corrected chi connectivity index (χ0v) is 11.8. The Morgan fingerprint density at radius 3 is 2.83 bits per heavy atom. The second kappa shape index (κ2) is 5.39. The van der Waals surface area contributed by atoms with Gasteiger partial charge >= 0.3 is 0 Å². The third-order valence-corrected chi connectivity index (χ3v) is 4.49. The number of rotatable bonds is 4. The predicted octanol–water partition coefficient (Wildman–Crippen LogP) is 2.99. The molecule has 1 aromatic heterocycles. The van der Waals surface area contributed by atoms with Crippen LogP contribution >= 0.6 is 0 Å². The van der Waals surface area contributed by atoms with Crippen molar-refractivity contribution in [2.24, 2.45) is 11.7 Å². The van der Waals surface area contributed by atoms with Crippen molar-refractivity contribution in [1.82, 2.24) is 10.1 Å². The highest BCUT2D eigenvalue weighted by Gasteiger charge is 2.32. The molecule has 1 aliphatic carbocycles. The van der Waals surface area contributed by atoms with E-state index < -0.39 is 0 Å². The maximum Gasteiger partial charge on any atom is 0.233 e. The van der Waals surface area contributed by atoms with E-state index in [1.54, 1.807) is 0 Å². The number of hydrogen-bond acceptors (Lipinski definition) is 4. The van der Waals surface area contributed by atoms with Gasteiger partial charge in [-0.1, -0.05) is 31.8 Å². The standard InChI is InChI=1S/C14H25N3O/c1-4-14(3,9-15)13-16-12(17-18-13)11-7-5-6-10(2)8-11/h10-11H,4-9,15H2,1-3H3. The second-order valence-electron chi connectivity index (χ2n) is 6.04. The minimum absolute atomic E-state index is 0.175. The maximum absolute atomic E-state index is 5.83. The van der Waals surface area contributed by atoms with Crippen molar-refractivity contribution in [2.45, 2.75) is 64.2 Å². The van der Waals surface area contributed by atoms with E-state index in [4.69, 9.17) is 10.3 Å². The Hall–Kier alpha value is -0.900. The SMILES string of the molecule is CCC(C)(CN)c1nc(C2CCCC(C)C2)no1. The summed E-state index contributed by atoms with van der Waals surface area (Å²) in [5.41, 5.74) is 5.66. The Bertz CT molecular complexity index is 384. The summed E-state index contributed by atoms with van der Waals surface area (Å²) in [6.07, 6.45) is 5.90. The van der Waals surface area contributed by atoms with Gasteiger partial charge in [0.2, 0.25) is 5.89 Å². The van der Waals surface area contributed by atoms with E-state index in [1.807, 2.05) is 0 Å². The largest absolute Gasteiger partial charge is 0.339 e. The maximum atomic E-state index is 5.83. The van der Waals surface area contributed by atoms with Gasteiger partial charge in [-0.2, -0.15) is 4.98 Å². The molecule has 0 saturated heterocycles. The summed E-state index contributed by atoms with van der Waals surface area (Å²) in [4.78, 5) is 4.62. The van der Waals surface area contributed by atoms with Crippen LogP contribution in [0, 0.1) is 5.92 Å². The Kier molecular flexibility index (Phi) is 4.05. The minimum atomic E-state index is -0.175. The summed E-state index contributed by atoms with van der Waals surface area (Å²) in [7, 11) is 0. The fourth-order valence-electron chi connectivity index (χ4n) is 2.70. The molecule has 0 bridgehead atoms. The molecule has 2 rings (SSSR count). The number of aromatic nitrogens is 2. The van der Waals surface area contributed by atoms with Crippen LogP contribution in [-0.2, 0) is 5.41 Å². The summed E-state index contributed by atoms with van der Waals surface area (Å²) in [6.45, 7) is 7.06. The number of hydrogen-bond donors (Lipinski definition) is 1. The van der Waals surface area contributed by atoms with Crippen LogP contribution in [0.15, 0.2) is 4.52 Å². The molecule has 2 N–H and O–H groups in total. The summed E-state index contributed by atoms with van der Waals surface area (Å²) in [5.74, 6) is 2.85. The zero-order valence-electron chi connectivity index (χ0n) is 11.8. The smallest absolute Gasteiger partial charge is 0.233 e. The second-order valence-corrected chi connectivity index (χ2v) is 6.04. The molecule has 1 heterocycles. The van der Waals surface area contributed by atoms with E-state index in [9.17, 15) is 0 Å². The molecule has 4 heteroatoms. The van der Waals surface area contributed by atoms with Crippen LogP contribution in [0.4, 0.5) is 0 Å². The highest BCUT2D eigenvalue weighted by molar-refractivity contribution is 5.06. The molecule has 102 valence electrons. The zero-order chi connectivity index (χ0) is 13.2. The van der Waals surface area contributed by atoms with Gasteiger partial charge in [0.15, 0.2) is 5.82 Å². The van der Waals surface area contributed by atoms with Gasteiger partial charge in [-0.15, -0.1) is 0 Å². The first-order valence-corrected chi connectivity index (χ1v) is 7.13. The van der Waals surface area contributed by atoms with Crippen molar-refractivity contribution >= 4 is 0 Å². The molecule has 0 radical (unpaired) electrons. The molecular weight excluding hydrogens is 226 g/mol. The summed E-state index contributed by atoms with van der Waals surface area (Å²) >= 11 is 0. The molecule has 3 unspecified atom stereocenters. The lowest BCUT2D eigenvalue weighted by Crippen LogP contribution is -2.31. The molecule has 3 atom stereocenters. The van der Waals surface area contributed by atoms with Crippen molar-refractivity contribution in [1.29, 1.82) is 0 Å². The van der Waals surface area contributed by atoms with E-state index >= 15 is 0 Å². The van der Waals surface area contributed by atoms with Gasteiger partial charge in [0.05, 0.1) is 5.41 Å². The molecule has 1 aromatic rings. The normalized spacial score (nSPS) is 28.0. The first kappa shape index (κ1) is 13.5. The van der Waals surface area contributed by atoms with E-state index in [1.165, 1.54) is 25.7 Å². The molecule has 1 fully saturated rings. The summed E-state index contributed by atoms with van der Waals surface area (Å²) < 4.78 is 5.46. The molecule has 0 aliphatic heterocycles. The molecule has 1 aliphatic rings. The summed E-state index contributed by atoms with van der Waals surface area (Å²) in [6, 6.07) is 0. The molecular formula is C14H25N3O. The molecule has 4 nitrogen and oxygen atoms in total. The molecule has 0 aromatic carbocycles. The van der Waals surface area contributed by atoms with Gasteiger partial charge in [0.25, 0.3) is 0 Å². The van der Waals surface area contributed by atoms with Crippen LogP contribution in [0.3, 0.4) is 0 Å². The van der Waals surface area contributed by atoms with Gasteiger partial charge in [-0.05, 0) is 32.1 Å². The van der Waals surface area contributed by atoms with Gasteiger partial charge in [0.1, 0.15) is 0 Å². The first-order valence-electron chi connectivity index (χ1n) is 7.13. The molecule has 1 saturated carbocycles. The average molecular weight is 251 g/mol. The third kappa shape index (κ3) is 2.58. The quantitative estimate of drug-likeness (QED) is 0.893. The molecule has 18 heavy (non-hydrogen) atoms. The molecule has 0 amide bonds. The van der Waals surface area contributed by atoms with Crippen molar-refractivity contribution in [3.63, 3.8) is 0 Å². The number of nitrogens with zero attached hydrogens (tertiary/aromatic N) is 2. The van der Waals surface area contributed by atoms with E-state index in [0.717, 1.165) is 18.2 Å². The van der Waals surface area contributed by atoms with Gasteiger partial charge in [0, 0.05) is 12.5 Å². The van der Waals surface area contributed by atoms with Crippen molar-refractivity contribution in [3.8, 4) is 0 Å². The number of nitrogens with two attached hydrogens (primary N) is 1. The monoisotopic (exact) mass is 251 g/mol. The lowest BCUT2D eigenvalue weighted by Gasteiger charge is -2.24. The van der Waals surface area contributed by atoms with E-state index in [2.05, 4.69) is 30.9 Å². The van der Waals surface area contributed by atoms with Gasteiger partial charge in [-0.3, -0.25) is 0 Å².